The van der Waals surface area contributed by atoms with Crippen molar-refractivity contribution in [2.24, 2.45) is 0 Å². The Morgan fingerprint density at radius 3 is 2.90 bits per heavy atom. The van der Waals surface area contributed by atoms with Crippen LogP contribution in [-0.4, -0.2) is 34.6 Å². The summed E-state index contributed by atoms with van der Waals surface area (Å²) in [5.74, 6) is 0. The van der Waals surface area contributed by atoms with Gasteiger partial charge in [-0.15, -0.1) is 0 Å². The second kappa shape index (κ2) is 5.51. The number of fused-ring (bicyclic) bond motifs is 1. The van der Waals surface area contributed by atoms with Crippen LogP contribution >= 0.6 is 0 Å². The zero-order valence-electron chi connectivity index (χ0n) is 12.2. The number of likely N-dealkylation sites (tertiary alicyclic amines) is 1. The van der Waals surface area contributed by atoms with Gasteiger partial charge in [0.1, 0.15) is 0 Å². The minimum absolute atomic E-state index is 0.215. The van der Waals surface area contributed by atoms with Crippen LogP contribution in [0.2, 0.25) is 0 Å². The lowest BCUT2D eigenvalue weighted by molar-refractivity contribution is 0.0867. The summed E-state index contributed by atoms with van der Waals surface area (Å²) in [5.41, 5.74) is 3.01. The van der Waals surface area contributed by atoms with Gasteiger partial charge in [-0.05, 0) is 38.9 Å². The fourth-order valence-electron chi connectivity index (χ4n) is 3.19. The Kier molecular flexibility index (Phi) is 3.72. The molecule has 1 aliphatic rings. The Bertz CT molecular complexity index is 611. The molecule has 3 rings (SSSR count). The summed E-state index contributed by atoms with van der Waals surface area (Å²) in [6.45, 7) is 3.18. The van der Waals surface area contributed by atoms with Gasteiger partial charge in [-0.3, -0.25) is 4.98 Å². The molecular formula is C17H22N2O. The van der Waals surface area contributed by atoms with E-state index in [0.717, 1.165) is 48.0 Å². The summed E-state index contributed by atoms with van der Waals surface area (Å²) in [7, 11) is 2.09. The Hall–Kier alpha value is -1.45. The average molecular weight is 270 g/mol. The van der Waals surface area contributed by atoms with Crippen LogP contribution in [0.5, 0.6) is 0 Å². The number of aliphatic hydroxyl groups excluding tert-OH is 1. The van der Waals surface area contributed by atoms with Crippen molar-refractivity contribution in [3.05, 3.63) is 41.6 Å². The average Bonchev–Trinajstić information content (AvgIpc) is 2.91. The molecule has 3 heteroatoms. The van der Waals surface area contributed by atoms with E-state index in [4.69, 9.17) is 4.98 Å². The lowest BCUT2D eigenvalue weighted by Gasteiger charge is -2.26. The first-order valence-corrected chi connectivity index (χ1v) is 7.47. The number of aryl methyl sites for hydroxylation is 1. The van der Waals surface area contributed by atoms with Gasteiger partial charge in [0.25, 0.3) is 0 Å². The molecule has 0 spiro atoms. The highest BCUT2D eigenvalue weighted by atomic mass is 16.3. The molecule has 1 aromatic heterocycles. The third kappa shape index (κ3) is 2.32. The van der Waals surface area contributed by atoms with E-state index in [9.17, 15) is 5.11 Å². The van der Waals surface area contributed by atoms with Crippen LogP contribution in [0.15, 0.2) is 30.3 Å². The summed E-state index contributed by atoms with van der Waals surface area (Å²) < 4.78 is 0. The second-order valence-corrected chi connectivity index (χ2v) is 5.71. The predicted molar refractivity (Wildman–Crippen MR) is 81.7 cm³/mol. The molecule has 20 heavy (non-hydrogen) atoms. The summed E-state index contributed by atoms with van der Waals surface area (Å²) >= 11 is 0. The number of aromatic nitrogens is 1. The fraction of sp³-hybridized carbons (Fsp3) is 0.471. The summed E-state index contributed by atoms with van der Waals surface area (Å²) in [5, 5.41) is 11.9. The quantitative estimate of drug-likeness (QED) is 0.931. The Morgan fingerprint density at radius 1 is 1.35 bits per heavy atom. The van der Waals surface area contributed by atoms with E-state index < -0.39 is 6.10 Å². The van der Waals surface area contributed by atoms with Crippen LogP contribution in [-0.2, 0) is 6.42 Å². The Morgan fingerprint density at radius 2 is 2.20 bits per heavy atom. The third-order valence-electron chi connectivity index (χ3n) is 4.43. The molecule has 0 radical (unpaired) electrons. The number of aliphatic hydroxyl groups is 1. The van der Waals surface area contributed by atoms with E-state index >= 15 is 0 Å². The molecule has 1 aliphatic heterocycles. The first-order chi connectivity index (χ1) is 9.70. The molecule has 0 bridgehead atoms. The fourth-order valence-corrected chi connectivity index (χ4v) is 3.19. The van der Waals surface area contributed by atoms with E-state index in [2.05, 4.69) is 37.1 Å². The van der Waals surface area contributed by atoms with Crippen molar-refractivity contribution in [3.8, 4) is 0 Å². The van der Waals surface area contributed by atoms with Crippen LogP contribution < -0.4 is 0 Å². The van der Waals surface area contributed by atoms with E-state index in [-0.39, 0.29) is 6.04 Å². The molecule has 2 heterocycles. The number of nitrogens with zero attached hydrogens (tertiary/aromatic N) is 2. The number of rotatable bonds is 3. The van der Waals surface area contributed by atoms with Gasteiger partial charge in [0.15, 0.2) is 0 Å². The van der Waals surface area contributed by atoms with Crippen molar-refractivity contribution in [3.63, 3.8) is 0 Å². The molecule has 0 amide bonds. The highest BCUT2D eigenvalue weighted by molar-refractivity contribution is 5.82. The van der Waals surface area contributed by atoms with Crippen molar-refractivity contribution in [1.82, 2.24) is 9.88 Å². The van der Waals surface area contributed by atoms with Crippen LogP contribution in [0, 0.1) is 0 Å². The Labute approximate surface area is 120 Å². The SMILES string of the molecule is CCc1ccc2cccc(C(O)C3CCCN3C)c2n1. The van der Waals surface area contributed by atoms with Gasteiger partial charge in [-0.2, -0.15) is 0 Å². The maximum absolute atomic E-state index is 10.8. The molecule has 0 aliphatic carbocycles. The molecule has 1 fully saturated rings. The minimum Gasteiger partial charge on any atom is -0.387 e. The van der Waals surface area contributed by atoms with Gasteiger partial charge >= 0.3 is 0 Å². The smallest absolute Gasteiger partial charge is 0.0966 e. The molecule has 0 saturated carbocycles. The van der Waals surface area contributed by atoms with Crippen LogP contribution in [0.1, 0.15) is 37.1 Å². The minimum atomic E-state index is -0.453. The highest BCUT2D eigenvalue weighted by Crippen LogP contribution is 2.31. The van der Waals surface area contributed by atoms with Crippen molar-refractivity contribution < 1.29 is 5.11 Å². The van der Waals surface area contributed by atoms with Crippen molar-refractivity contribution in [1.29, 1.82) is 0 Å². The Balaban J connectivity index is 2.05. The van der Waals surface area contributed by atoms with E-state index in [0.29, 0.717) is 0 Å². The van der Waals surface area contributed by atoms with Crippen molar-refractivity contribution in [2.45, 2.75) is 38.3 Å². The number of hydrogen-bond acceptors (Lipinski definition) is 3. The molecule has 2 aromatic rings. The summed E-state index contributed by atoms with van der Waals surface area (Å²) in [4.78, 5) is 6.99. The van der Waals surface area contributed by atoms with Gasteiger partial charge < -0.3 is 10.0 Å². The lowest BCUT2D eigenvalue weighted by atomic mass is 9.97. The maximum atomic E-state index is 10.8. The van der Waals surface area contributed by atoms with Crippen molar-refractivity contribution >= 4 is 10.9 Å². The number of pyridine rings is 1. The molecule has 3 nitrogen and oxygen atoms in total. The summed E-state index contributed by atoms with van der Waals surface area (Å²) in [6.07, 6.45) is 2.69. The third-order valence-corrected chi connectivity index (χ3v) is 4.43. The molecule has 2 unspecified atom stereocenters. The molecule has 2 atom stereocenters. The number of para-hydroxylation sites is 1. The predicted octanol–water partition coefficient (Wildman–Crippen LogP) is 2.92. The molecule has 106 valence electrons. The van der Waals surface area contributed by atoms with Gasteiger partial charge in [0.05, 0.1) is 11.6 Å². The molecule has 1 aromatic carbocycles. The van der Waals surface area contributed by atoms with E-state index in [1.165, 1.54) is 0 Å². The van der Waals surface area contributed by atoms with Crippen LogP contribution in [0.25, 0.3) is 10.9 Å². The highest BCUT2D eigenvalue weighted by Gasteiger charge is 2.30. The standard InChI is InChI=1S/C17H22N2O/c1-3-13-10-9-12-6-4-7-14(16(12)18-13)17(20)15-8-5-11-19(15)2/h4,6-7,9-10,15,17,20H,3,5,8,11H2,1-2H3. The normalized spacial score (nSPS) is 21.4. The first-order valence-electron chi connectivity index (χ1n) is 7.47. The monoisotopic (exact) mass is 270 g/mol. The zero-order valence-corrected chi connectivity index (χ0v) is 12.2. The summed E-state index contributed by atoms with van der Waals surface area (Å²) in [6, 6.07) is 10.5. The molecule has 1 saturated heterocycles. The van der Waals surface area contributed by atoms with Gasteiger partial charge in [0, 0.05) is 22.7 Å². The maximum Gasteiger partial charge on any atom is 0.0966 e. The number of hydrogen-bond donors (Lipinski definition) is 1. The first kappa shape index (κ1) is 13.5. The van der Waals surface area contributed by atoms with Crippen molar-refractivity contribution in [2.75, 3.05) is 13.6 Å². The van der Waals surface area contributed by atoms with Gasteiger partial charge in [0.2, 0.25) is 0 Å². The number of likely N-dealkylation sites (N-methyl/N-ethyl adjacent to an activating group) is 1. The lowest BCUT2D eigenvalue weighted by Crippen LogP contribution is -2.31. The second-order valence-electron chi connectivity index (χ2n) is 5.71. The number of benzene rings is 1. The van der Waals surface area contributed by atoms with Crippen LogP contribution in [0.4, 0.5) is 0 Å². The largest absolute Gasteiger partial charge is 0.387 e. The zero-order chi connectivity index (χ0) is 14.1. The van der Waals surface area contributed by atoms with Gasteiger partial charge in [-0.1, -0.05) is 31.2 Å². The van der Waals surface area contributed by atoms with Crippen LogP contribution in [0.3, 0.4) is 0 Å². The van der Waals surface area contributed by atoms with Gasteiger partial charge in [-0.25, -0.2) is 0 Å². The molecule has 1 N–H and O–H groups in total. The topological polar surface area (TPSA) is 36.4 Å². The van der Waals surface area contributed by atoms with E-state index in [1.54, 1.807) is 0 Å². The molecular weight excluding hydrogens is 248 g/mol. The van der Waals surface area contributed by atoms with E-state index in [1.807, 2.05) is 12.1 Å².